The maximum absolute atomic E-state index is 12.5. The minimum Gasteiger partial charge on any atom is -0.478 e. The summed E-state index contributed by atoms with van der Waals surface area (Å²) in [5.74, 6) is -2.63. The van der Waals surface area contributed by atoms with Gasteiger partial charge in [-0.25, -0.2) is 18.2 Å². The van der Waals surface area contributed by atoms with Crippen LogP contribution in [-0.2, 0) is 20.6 Å². The summed E-state index contributed by atoms with van der Waals surface area (Å²) in [5, 5.41) is 27.8. The summed E-state index contributed by atoms with van der Waals surface area (Å²) in [6, 6.07) is 13.2. The lowest BCUT2D eigenvalue weighted by atomic mass is 9.96. The molecule has 0 spiro atoms. The van der Waals surface area contributed by atoms with Crippen molar-refractivity contribution in [1.29, 1.82) is 10.5 Å². The molecule has 0 saturated carbocycles. The van der Waals surface area contributed by atoms with Gasteiger partial charge in [-0.1, -0.05) is 30.3 Å². The van der Waals surface area contributed by atoms with Gasteiger partial charge >= 0.3 is 5.97 Å². The average molecular weight is 453 g/mol. The fourth-order valence-corrected chi connectivity index (χ4v) is 4.67. The van der Waals surface area contributed by atoms with Crippen LogP contribution in [0.25, 0.3) is 0 Å². The van der Waals surface area contributed by atoms with Gasteiger partial charge in [-0.15, -0.1) is 0 Å². The van der Waals surface area contributed by atoms with E-state index in [0.717, 1.165) is 6.07 Å². The first-order valence-electron chi connectivity index (χ1n) is 9.66. The largest absolute Gasteiger partial charge is 0.478 e. The van der Waals surface area contributed by atoms with Gasteiger partial charge in [0.15, 0.2) is 5.69 Å². The van der Waals surface area contributed by atoms with Crippen LogP contribution in [0.5, 0.6) is 0 Å². The quantitative estimate of drug-likeness (QED) is 0.657. The van der Waals surface area contributed by atoms with E-state index < -0.39 is 27.8 Å². The number of hydrogen-bond donors (Lipinski definition) is 2. The van der Waals surface area contributed by atoms with Gasteiger partial charge in [0.25, 0.3) is 0 Å². The molecule has 0 bridgehead atoms. The summed E-state index contributed by atoms with van der Waals surface area (Å²) < 4.78 is 26.8. The number of aromatic carboxylic acids is 1. The summed E-state index contributed by atoms with van der Waals surface area (Å²) in [5.41, 5.74) is -0.0883. The maximum atomic E-state index is 12.5. The highest BCUT2D eigenvalue weighted by Gasteiger charge is 2.30. The fraction of sp³-hybridized carbons (Fsp3) is 0.286. The number of carbonyl (C=O) groups excluding carboxylic acids is 1. The molecule has 2 heterocycles. The number of benzene rings is 1. The zero-order valence-corrected chi connectivity index (χ0v) is 17.7. The smallest absolute Gasteiger partial charge is 0.338 e. The Hall–Kier alpha value is -3.96. The number of piperidine rings is 1. The molecule has 1 amide bonds. The minimum atomic E-state index is -3.84. The van der Waals surface area contributed by atoms with E-state index in [9.17, 15) is 33.6 Å². The van der Waals surface area contributed by atoms with E-state index in [2.05, 4.69) is 9.71 Å². The van der Waals surface area contributed by atoms with E-state index >= 15 is 0 Å². The van der Waals surface area contributed by atoms with Gasteiger partial charge in [-0.2, -0.15) is 10.5 Å². The monoisotopic (exact) mass is 453 g/mol. The number of carboxylic acid groups (broad SMARTS) is 1. The van der Waals surface area contributed by atoms with Crippen molar-refractivity contribution in [3.63, 3.8) is 0 Å². The van der Waals surface area contributed by atoms with Crippen LogP contribution in [0.1, 0.15) is 40.0 Å². The molecule has 1 saturated heterocycles. The van der Waals surface area contributed by atoms with Gasteiger partial charge in [0.1, 0.15) is 18.0 Å². The third-order valence-corrected chi connectivity index (χ3v) is 6.31. The standard InChI is InChI=1S/C21H19N5O5S/c22-11-16-10-17(21(28)29)18(12-23)24-19(16)26-8-6-15(7-9-26)20(27)25-32(30,31)13-14-4-2-1-3-5-14/h1-5,10,15H,6-9,13H2,(H,25,27)(H,28,29). The lowest BCUT2D eigenvalue weighted by molar-refractivity contribution is -0.123. The Balaban J connectivity index is 1.67. The van der Waals surface area contributed by atoms with E-state index in [4.69, 9.17) is 0 Å². The summed E-state index contributed by atoms with van der Waals surface area (Å²) in [6.45, 7) is 0.575. The first-order valence-corrected chi connectivity index (χ1v) is 11.3. The molecule has 1 aromatic heterocycles. The molecule has 1 fully saturated rings. The molecular formula is C21H19N5O5S. The normalized spacial score (nSPS) is 14.2. The Kier molecular flexibility index (Phi) is 6.71. The highest BCUT2D eigenvalue weighted by Crippen LogP contribution is 2.26. The number of aromatic nitrogens is 1. The van der Waals surface area contributed by atoms with Crippen molar-refractivity contribution in [2.24, 2.45) is 5.92 Å². The molecule has 2 N–H and O–H groups in total. The summed E-state index contributed by atoms with van der Waals surface area (Å²) in [4.78, 5) is 29.5. The Morgan fingerprint density at radius 3 is 2.38 bits per heavy atom. The molecule has 32 heavy (non-hydrogen) atoms. The molecular weight excluding hydrogens is 434 g/mol. The van der Waals surface area contributed by atoms with E-state index in [1.807, 2.05) is 6.07 Å². The molecule has 0 aliphatic carbocycles. The number of carboxylic acids is 1. The predicted octanol–water partition coefficient (Wildman–Crippen LogP) is 1.39. The van der Waals surface area contributed by atoms with Gasteiger partial charge in [-0.05, 0) is 24.5 Å². The number of nitrogens with one attached hydrogen (secondary N) is 1. The van der Waals surface area contributed by atoms with Crippen LogP contribution in [0.15, 0.2) is 36.4 Å². The number of anilines is 1. The summed E-state index contributed by atoms with van der Waals surface area (Å²) >= 11 is 0. The SMILES string of the molecule is N#Cc1cc(C(=O)O)c(C#N)nc1N1CCC(C(=O)NS(=O)(=O)Cc2ccccc2)CC1. The van der Waals surface area contributed by atoms with Crippen molar-refractivity contribution in [1.82, 2.24) is 9.71 Å². The van der Waals surface area contributed by atoms with Gasteiger partial charge in [0.05, 0.1) is 16.9 Å². The second-order valence-corrected chi connectivity index (χ2v) is 8.98. The van der Waals surface area contributed by atoms with Crippen LogP contribution in [0.2, 0.25) is 0 Å². The van der Waals surface area contributed by atoms with Crippen LogP contribution < -0.4 is 9.62 Å². The highest BCUT2D eigenvalue weighted by molar-refractivity contribution is 7.89. The number of rotatable bonds is 6. The number of pyridine rings is 1. The molecule has 2 aromatic rings. The molecule has 0 unspecified atom stereocenters. The second-order valence-electron chi connectivity index (χ2n) is 7.26. The van der Waals surface area contributed by atoms with Crippen LogP contribution in [0.4, 0.5) is 5.82 Å². The molecule has 0 radical (unpaired) electrons. The van der Waals surface area contributed by atoms with Gasteiger partial charge in [0, 0.05) is 19.0 Å². The van der Waals surface area contributed by atoms with E-state index in [1.165, 1.54) is 0 Å². The van der Waals surface area contributed by atoms with Crippen molar-refractivity contribution >= 4 is 27.7 Å². The number of hydrogen-bond acceptors (Lipinski definition) is 8. The van der Waals surface area contributed by atoms with Crippen molar-refractivity contribution in [2.75, 3.05) is 18.0 Å². The summed E-state index contributed by atoms with van der Waals surface area (Å²) in [7, 11) is -3.84. The number of nitrogens with zero attached hydrogens (tertiary/aromatic N) is 4. The Morgan fingerprint density at radius 1 is 1.16 bits per heavy atom. The van der Waals surface area contributed by atoms with Gasteiger partial charge < -0.3 is 10.0 Å². The lowest BCUT2D eigenvalue weighted by Gasteiger charge is -2.32. The van der Waals surface area contributed by atoms with Crippen molar-refractivity contribution in [3.05, 3.63) is 58.8 Å². The molecule has 0 atom stereocenters. The number of carbonyl (C=O) groups is 2. The summed E-state index contributed by atoms with van der Waals surface area (Å²) in [6.07, 6.45) is 0.615. The van der Waals surface area contributed by atoms with E-state index in [1.54, 1.807) is 41.3 Å². The zero-order valence-electron chi connectivity index (χ0n) is 16.9. The Bertz CT molecular complexity index is 1220. The third-order valence-electron chi connectivity index (χ3n) is 5.08. The second kappa shape index (κ2) is 9.45. The third kappa shape index (κ3) is 5.20. The maximum Gasteiger partial charge on any atom is 0.338 e. The van der Waals surface area contributed by atoms with Gasteiger partial charge in [-0.3, -0.25) is 9.52 Å². The van der Waals surface area contributed by atoms with Crippen LogP contribution in [0.3, 0.4) is 0 Å². The first-order chi connectivity index (χ1) is 15.2. The molecule has 3 rings (SSSR count). The van der Waals surface area contributed by atoms with Crippen LogP contribution >= 0.6 is 0 Å². The average Bonchev–Trinajstić information content (AvgIpc) is 2.78. The molecule has 10 nitrogen and oxygen atoms in total. The Morgan fingerprint density at radius 2 is 1.81 bits per heavy atom. The molecule has 164 valence electrons. The minimum absolute atomic E-state index is 0.00902. The molecule has 1 aliphatic rings. The number of sulfonamides is 1. The highest BCUT2D eigenvalue weighted by atomic mass is 32.2. The molecule has 1 aromatic carbocycles. The van der Waals surface area contributed by atoms with E-state index in [0.29, 0.717) is 18.4 Å². The Labute approximate surface area is 184 Å². The first kappa shape index (κ1) is 22.7. The van der Waals surface area contributed by atoms with Crippen molar-refractivity contribution < 1.29 is 23.1 Å². The van der Waals surface area contributed by atoms with E-state index in [-0.39, 0.29) is 41.5 Å². The fourth-order valence-electron chi connectivity index (χ4n) is 3.49. The van der Waals surface area contributed by atoms with Crippen LogP contribution in [-0.4, -0.2) is 43.5 Å². The number of amides is 1. The van der Waals surface area contributed by atoms with Gasteiger partial charge in [0.2, 0.25) is 15.9 Å². The van der Waals surface area contributed by atoms with Crippen LogP contribution in [0, 0.1) is 28.6 Å². The number of nitriles is 2. The zero-order chi connectivity index (χ0) is 23.3. The van der Waals surface area contributed by atoms with Crippen molar-refractivity contribution in [3.8, 4) is 12.1 Å². The topological polar surface area (TPSA) is 164 Å². The van der Waals surface area contributed by atoms with Crippen molar-refractivity contribution in [2.45, 2.75) is 18.6 Å². The lowest BCUT2D eigenvalue weighted by Crippen LogP contribution is -2.43. The molecule has 11 heteroatoms. The predicted molar refractivity (Wildman–Crippen MR) is 113 cm³/mol. The molecule has 1 aliphatic heterocycles.